The average molecular weight is 824 g/mol. The summed E-state index contributed by atoms with van der Waals surface area (Å²) in [5.74, 6) is -2.10. The summed E-state index contributed by atoms with van der Waals surface area (Å²) in [4.78, 5) is 77.0. The van der Waals surface area contributed by atoms with Crippen LogP contribution in [0.15, 0.2) is 54.9 Å². The van der Waals surface area contributed by atoms with Gasteiger partial charge in [0.1, 0.15) is 23.2 Å². The summed E-state index contributed by atoms with van der Waals surface area (Å²) in [5, 5.41) is 11.0. The molecule has 3 aliphatic heterocycles. The van der Waals surface area contributed by atoms with Gasteiger partial charge >= 0.3 is 6.18 Å². The highest BCUT2D eigenvalue weighted by molar-refractivity contribution is 6.25. The first-order chi connectivity index (χ1) is 28.3. The van der Waals surface area contributed by atoms with Crippen molar-refractivity contribution in [1.82, 2.24) is 30.0 Å². The number of methoxy groups -OCH3 is 1. The zero-order valence-electron chi connectivity index (χ0n) is 32.4. The highest BCUT2D eigenvalue weighted by atomic mass is 19.4. The number of nitrogens with one attached hydrogen (secondary N) is 4. The molecule has 2 aromatic carbocycles. The van der Waals surface area contributed by atoms with Crippen molar-refractivity contribution in [3.63, 3.8) is 0 Å². The number of alkyl halides is 3. The minimum Gasteiger partial charge on any atom is -0.495 e. The van der Waals surface area contributed by atoms with Gasteiger partial charge in [-0.25, -0.2) is 4.98 Å². The highest BCUT2D eigenvalue weighted by Gasteiger charge is 2.45. The fourth-order valence-corrected chi connectivity index (χ4v) is 6.87. The molecule has 59 heavy (non-hydrogen) atoms. The van der Waals surface area contributed by atoms with Crippen LogP contribution in [-0.4, -0.2) is 134 Å². The number of fused-ring (bicyclic) bond motifs is 1. The number of nitrogens with zero attached hydrogens (tertiary/aromatic N) is 5. The van der Waals surface area contributed by atoms with Crippen LogP contribution in [0, 0.1) is 0 Å². The average Bonchev–Trinajstić information content (AvgIpc) is 3.48. The Labute approximate surface area is 337 Å². The van der Waals surface area contributed by atoms with Gasteiger partial charge in [0.25, 0.3) is 17.7 Å². The lowest BCUT2D eigenvalue weighted by molar-refractivity contribution is -0.137. The van der Waals surface area contributed by atoms with Gasteiger partial charge < -0.3 is 45.3 Å². The monoisotopic (exact) mass is 823 g/mol. The lowest BCUT2D eigenvalue weighted by atomic mass is 10.0. The van der Waals surface area contributed by atoms with Crippen LogP contribution in [0.3, 0.4) is 0 Å². The number of carbonyl (C=O) groups excluding carboxylic acids is 5. The van der Waals surface area contributed by atoms with Gasteiger partial charge in [0.15, 0.2) is 0 Å². The van der Waals surface area contributed by atoms with Crippen LogP contribution in [0.25, 0.3) is 0 Å². The Kier molecular flexibility index (Phi) is 13.3. The lowest BCUT2D eigenvalue weighted by Gasteiger charge is -2.35. The van der Waals surface area contributed by atoms with Crippen molar-refractivity contribution in [3.8, 4) is 5.75 Å². The predicted molar refractivity (Wildman–Crippen MR) is 207 cm³/mol. The Morgan fingerprint density at radius 2 is 1.69 bits per heavy atom. The third-order valence-corrected chi connectivity index (χ3v) is 9.92. The number of benzene rings is 2. The van der Waals surface area contributed by atoms with Crippen molar-refractivity contribution >= 4 is 52.7 Å². The van der Waals surface area contributed by atoms with E-state index in [2.05, 4.69) is 37.8 Å². The number of allylic oxidation sites excluding steroid dienone is 1. The number of rotatable bonds is 16. The third kappa shape index (κ3) is 9.71. The van der Waals surface area contributed by atoms with E-state index in [9.17, 15) is 37.1 Å². The van der Waals surface area contributed by atoms with Crippen LogP contribution in [0.5, 0.6) is 5.75 Å². The maximum Gasteiger partial charge on any atom is 0.421 e. The van der Waals surface area contributed by atoms with Crippen molar-refractivity contribution in [2.45, 2.75) is 31.5 Å². The van der Waals surface area contributed by atoms with E-state index in [1.807, 2.05) is 0 Å². The zero-order valence-corrected chi connectivity index (χ0v) is 32.4. The van der Waals surface area contributed by atoms with Crippen LogP contribution in [0.2, 0.25) is 0 Å². The normalized spacial score (nSPS) is 16.8. The van der Waals surface area contributed by atoms with Crippen molar-refractivity contribution in [3.05, 3.63) is 77.1 Å². The number of halogens is 3. The number of anilines is 4. The van der Waals surface area contributed by atoms with E-state index in [1.165, 1.54) is 20.2 Å². The Morgan fingerprint density at radius 3 is 2.39 bits per heavy atom. The minimum absolute atomic E-state index is 0.106. The molecule has 4 heterocycles. The third-order valence-electron chi connectivity index (χ3n) is 9.92. The van der Waals surface area contributed by atoms with Gasteiger partial charge in [0.2, 0.25) is 17.8 Å². The highest BCUT2D eigenvalue weighted by Crippen LogP contribution is 2.35. The van der Waals surface area contributed by atoms with Crippen LogP contribution in [-0.2, 0) is 25.2 Å². The van der Waals surface area contributed by atoms with Crippen molar-refractivity contribution in [1.29, 1.82) is 0 Å². The van der Waals surface area contributed by atoms with Gasteiger partial charge in [0.05, 0.1) is 56.8 Å². The molecular formula is C39H44F3N9O8. The van der Waals surface area contributed by atoms with Gasteiger partial charge in [-0.2, -0.15) is 18.2 Å². The van der Waals surface area contributed by atoms with Crippen molar-refractivity contribution < 1.29 is 51.4 Å². The molecule has 1 aromatic heterocycles. The molecule has 0 saturated carbocycles. The maximum absolute atomic E-state index is 13.3. The number of piperazine rings is 1. The molecule has 20 heteroatoms. The molecule has 17 nitrogen and oxygen atoms in total. The fraction of sp³-hybridized carbons (Fsp3) is 0.410. The molecule has 0 spiro atoms. The fourth-order valence-electron chi connectivity index (χ4n) is 6.87. The van der Waals surface area contributed by atoms with Crippen LogP contribution < -0.4 is 26.0 Å². The molecule has 3 aromatic rings. The van der Waals surface area contributed by atoms with Gasteiger partial charge in [-0.05, 0) is 43.2 Å². The van der Waals surface area contributed by atoms with Crippen molar-refractivity contribution in [2.24, 2.45) is 0 Å². The number of piperidine rings is 1. The van der Waals surface area contributed by atoms with E-state index in [0.717, 1.165) is 4.90 Å². The molecule has 4 N–H and O–H groups in total. The summed E-state index contributed by atoms with van der Waals surface area (Å²) in [6.07, 6.45) is -3.02. The summed E-state index contributed by atoms with van der Waals surface area (Å²) >= 11 is 0. The quantitative estimate of drug-likeness (QED) is 0.121. The molecule has 6 rings (SSSR count). The SMILES string of the molecule is C=C1CCC(N2C(=O)c3cccc(NCCOCCOCCC(=O)N4CCN(C(=O)c5ccc(Nc6ncc(C(F)(F)F)c(NC)n6)c(OC)c5)CC4)c3C2=O)C(=O)N1. The Balaban J connectivity index is 0.872. The zero-order chi connectivity index (χ0) is 42.3. The Bertz CT molecular complexity index is 2110. The minimum atomic E-state index is -4.63. The number of amides is 5. The number of aromatic nitrogens is 2. The molecule has 1 atom stereocenters. The summed E-state index contributed by atoms with van der Waals surface area (Å²) in [7, 11) is 2.71. The largest absolute Gasteiger partial charge is 0.495 e. The van der Waals surface area contributed by atoms with E-state index in [-0.39, 0.29) is 67.5 Å². The van der Waals surface area contributed by atoms with Gasteiger partial charge in [0, 0.05) is 62.9 Å². The first-order valence-electron chi connectivity index (χ1n) is 18.8. The molecule has 0 radical (unpaired) electrons. The maximum atomic E-state index is 13.3. The first-order valence-corrected chi connectivity index (χ1v) is 18.8. The van der Waals surface area contributed by atoms with Gasteiger partial charge in [-0.3, -0.25) is 28.9 Å². The lowest BCUT2D eigenvalue weighted by Crippen LogP contribution is -2.51. The second-order valence-corrected chi connectivity index (χ2v) is 13.7. The van der Waals surface area contributed by atoms with Crippen LogP contribution >= 0.6 is 0 Å². The molecular weight excluding hydrogens is 779 g/mol. The smallest absolute Gasteiger partial charge is 0.421 e. The van der Waals surface area contributed by atoms with E-state index < -0.39 is 41.3 Å². The second-order valence-electron chi connectivity index (χ2n) is 13.7. The van der Waals surface area contributed by atoms with E-state index >= 15 is 0 Å². The molecule has 2 saturated heterocycles. The summed E-state index contributed by atoms with van der Waals surface area (Å²) in [6, 6.07) is 8.64. The Hall–Kier alpha value is -6.28. The predicted octanol–water partition coefficient (Wildman–Crippen LogP) is 3.50. The number of carbonyl (C=O) groups is 5. The standard InChI is InChI=1S/C39H44F3N9O8/c1-23-7-10-29(34(53)46-23)51-36(55)25-5-4-6-28(32(25)37(51)56)44-12-18-59-20-19-58-17-11-31(52)49-13-15-50(16-14-49)35(54)24-8-9-27(30(21-24)57-3)47-38-45-22-26(39(40,41)42)33(43-2)48-38/h4-6,8-9,21-22,29,44H,1,7,10-20H2,2-3H3,(H,46,53)(H2,43,45,47,48). The van der Waals surface area contributed by atoms with E-state index in [1.54, 1.807) is 40.1 Å². The van der Waals surface area contributed by atoms with Gasteiger partial charge in [-0.1, -0.05) is 12.6 Å². The Morgan fingerprint density at radius 1 is 0.966 bits per heavy atom. The van der Waals surface area contributed by atoms with Gasteiger partial charge in [-0.15, -0.1) is 0 Å². The topological polar surface area (TPSA) is 197 Å². The van der Waals surface area contributed by atoms with E-state index in [0.29, 0.717) is 74.4 Å². The molecule has 2 fully saturated rings. The number of ether oxygens (including phenoxy) is 3. The molecule has 314 valence electrons. The number of hydrogen-bond donors (Lipinski definition) is 4. The number of imide groups is 1. The number of hydrogen-bond acceptors (Lipinski definition) is 13. The summed E-state index contributed by atoms with van der Waals surface area (Å²) in [6.45, 7) is 6.35. The molecule has 5 amide bonds. The van der Waals surface area contributed by atoms with Crippen LogP contribution in [0.4, 0.5) is 36.3 Å². The molecule has 1 unspecified atom stereocenters. The molecule has 3 aliphatic rings. The molecule has 0 bridgehead atoms. The summed E-state index contributed by atoms with van der Waals surface area (Å²) in [5.41, 5.74) is 1.12. The second kappa shape index (κ2) is 18.5. The van der Waals surface area contributed by atoms with Crippen molar-refractivity contribution in [2.75, 3.05) is 89.3 Å². The summed E-state index contributed by atoms with van der Waals surface area (Å²) < 4.78 is 56.4. The first kappa shape index (κ1) is 42.3. The molecule has 0 aliphatic carbocycles. The van der Waals surface area contributed by atoms with Crippen LogP contribution in [0.1, 0.15) is 55.9 Å². The van der Waals surface area contributed by atoms with E-state index in [4.69, 9.17) is 14.2 Å².